The number of benzene rings is 1. The van der Waals surface area contributed by atoms with Crippen molar-refractivity contribution in [2.24, 2.45) is 0 Å². The molecule has 0 saturated heterocycles. The van der Waals surface area contributed by atoms with Gasteiger partial charge in [-0.05, 0) is 12.1 Å². The number of carbonyl (C=O) groups is 1. The van der Waals surface area contributed by atoms with Crippen LogP contribution in [0.25, 0.3) is 11.3 Å². The summed E-state index contributed by atoms with van der Waals surface area (Å²) in [7, 11) is 0. The molecule has 0 radical (unpaired) electrons. The first-order valence-electron chi connectivity index (χ1n) is 5.38. The molecule has 0 unspecified atom stereocenters. The summed E-state index contributed by atoms with van der Waals surface area (Å²) in [5.74, 6) is -1.62. The molecule has 1 aromatic heterocycles. The van der Waals surface area contributed by atoms with Crippen LogP contribution in [0, 0.1) is 5.82 Å². The largest absolute Gasteiger partial charge is 0.475 e. The molecule has 0 fully saturated rings. The van der Waals surface area contributed by atoms with Crippen molar-refractivity contribution < 1.29 is 28.3 Å². The normalized spacial score (nSPS) is 13.7. The average Bonchev–Trinajstić information content (AvgIpc) is 2.87. The summed E-state index contributed by atoms with van der Waals surface area (Å²) in [4.78, 5) is 10.7. The molecule has 0 amide bonds. The first-order chi connectivity index (χ1) is 9.15. The van der Waals surface area contributed by atoms with E-state index in [1.165, 1.54) is 18.2 Å². The van der Waals surface area contributed by atoms with E-state index in [1.807, 2.05) is 0 Å². The zero-order valence-corrected chi connectivity index (χ0v) is 9.55. The van der Waals surface area contributed by atoms with E-state index in [2.05, 4.69) is 9.68 Å². The van der Waals surface area contributed by atoms with E-state index in [1.54, 1.807) is 0 Å². The minimum atomic E-state index is -1.24. The number of carboxylic acid groups (broad SMARTS) is 1. The van der Waals surface area contributed by atoms with Gasteiger partial charge in [0.25, 0.3) is 0 Å². The summed E-state index contributed by atoms with van der Waals surface area (Å²) in [5, 5.41) is 12.4. The van der Waals surface area contributed by atoms with Gasteiger partial charge in [-0.15, -0.1) is 0 Å². The van der Waals surface area contributed by atoms with E-state index in [0.29, 0.717) is 16.9 Å². The number of aromatic nitrogens is 1. The Morgan fingerprint density at radius 3 is 2.95 bits per heavy atom. The van der Waals surface area contributed by atoms with Gasteiger partial charge in [-0.1, -0.05) is 5.16 Å². The van der Waals surface area contributed by atoms with Gasteiger partial charge in [-0.3, -0.25) is 0 Å². The number of fused-ring (bicyclic) bond motifs is 1. The third kappa shape index (κ3) is 2.04. The highest BCUT2D eigenvalue weighted by Crippen LogP contribution is 2.36. The van der Waals surface area contributed by atoms with Crippen molar-refractivity contribution in [2.75, 3.05) is 6.79 Å². The highest BCUT2D eigenvalue weighted by molar-refractivity contribution is 5.86. The molecule has 19 heavy (non-hydrogen) atoms. The van der Waals surface area contributed by atoms with Crippen LogP contribution in [-0.2, 0) is 11.3 Å². The molecule has 2 heterocycles. The second-order valence-electron chi connectivity index (χ2n) is 3.93. The van der Waals surface area contributed by atoms with Crippen molar-refractivity contribution in [2.45, 2.75) is 6.61 Å². The molecular formula is C12H8FNO5. The Kier molecular flexibility index (Phi) is 2.68. The molecule has 2 aromatic rings. The summed E-state index contributed by atoms with van der Waals surface area (Å²) in [6.45, 7) is 0.277. The van der Waals surface area contributed by atoms with E-state index in [4.69, 9.17) is 14.6 Å². The van der Waals surface area contributed by atoms with Crippen molar-refractivity contribution in [1.82, 2.24) is 5.16 Å². The maximum absolute atomic E-state index is 13.5. The molecule has 0 bridgehead atoms. The predicted molar refractivity (Wildman–Crippen MR) is 59.1 cm³/mol. The maximum atomic E-state index is 13.5. The summed E-state index contributed by atoms with van der Waals surface area (Å²) in [6.07, 6.45) is 0. The molecule has 98 valence electrons. The molecule has 1 aromatic carbocycles. The van der Waals surface area contributed by atoms with Gasteiger partial charge >= 0.3 is 5.97 Å². The van der Waals surface area contributed by atoms with Crippen molar-refractivity contribution in [3.63, 3.8) is 0 Å². The third-order valence-corrected chi connectivity index (χ3v) is 2.67. The van der Waals surface area contributed by atoms with Crippen LogP contribution in [-0.4, -0.2) is 23.0 Å². The van der Waals surface area contributed by atoms with E-state index in [0.717, 1.165) is 0 Å². The van der Waals surface area contributed by atoms with Crippen LogP contribution in [0.5, 0.6) is 5.75 Å². The lowest BCUT2D eigenvalue weighted by Gasteiger charge is -2.19. The molecule has 1 aliphatic rings. The Labute approximate surface area is 106 Å². The Morgan fingerprint density at radius 1 is 1.37 bits per heavy atom. The van der Waals surface area contributed by atoms with E-state index in [-0.39, 0.29) is 24.9 Å². The van der Waals surface area contributed by atoms with Crippen LogP contribution in [0.15, 0.2) is 22.7 Å². The molecular weight excluding hydrogens is 257 g/mol. The Morgan fingerprint density at radius 2 is 2.21 bits per heavy atom. The summed E-state index contributed by atoms with van der Waals surface area (Å²) >= 11 is 0. The fourth-order valence-corrected chi connectivity index (χ4v) is 1.87. The molecule has 1 N–H and O–H groups in total. The maximum Gasteiger partial charge on any atom is 0.374 e. The van der Waals surface area contributed by atoms with Crippen LogP contribution in [0.1, 0.15) is 16.1 Å². The molecule has 6 nitrogen and oxygen atoms in total. The predicted octanol–water partition coefficient (Wildman–Crippen LogP) is 2.05. The van der Waals surface area contributed by atoms with Crippen LogP contribution < -0.4 is 4.74 Å². The quantitative estimate of drug-likeness (QED) is 0.894. The first-order valence-corrected chi connectivity index (χ1v) is 5.38. The van der Waals surface area contributed by atoms with E-state index >= 15 is 0 Å². The number of ether oxygens (including phenoxy) is 2. The van der Waals surface area contributed by atoms with Crippen molar-refractivity contribution in [3.8, 4) is 17.0 Å². The molecule has 7 heteroatoms. The molecule has 1 aliphatic heterocycles. The minimum Gasteiger partial charge on any atom is -0.475 e. The monoisotopic (exact) mass is 265 g/mol. The van der Waals surface area contributed by atoms with Gasteiger partial charge < -0.3 is 19.1 Å². The molecule has 0 saturated carbocycles. The van der Waals surface area contributed by atoms with Crippen molar-refractivity contribution >= 4 is 5.97 Å². The van der Waals surface area contributed by atoms with E-state index < -0.39 is 11.8 Å². The van der Waals surface area contributed by atoms with Gasteiger partial charge in [0.05, 0.1) is 6.61 Å². The van der Waals surface area contributed by atoms with Crippen LogP contribution in [0.2, 0.25) is 0 Å². The zero-order chi connectivity index (χ0) is 13.4. The molecule has 0 aliphatic carbocycles. The van der Waals surface area contributed by atoms with E-state index in [9.17, 15) is 9.18 Å². The Bertz CT molecular complexity index is 652. The minimum absolute atomic E-state index is 0.0509. The number of hydrogen-bond donors (Lipinski definition) is 1. The lowest BCUT2D eigenvalue weighted by Crippen LogP contribution is -2.12. The molecule has 3 rings (SSSR count). The SMILES string of the molecule is O=C(O)c1cc(-c2cc(F)cc3c2OCOC3)no1. The van der Waals surface area contributed by atoms with Gasteiger partial charge in [0.15, 0.2) is 6.79 Å². The molecule has 0 spiro atoms. The number of hydrogen-bond acceptors (Lipinski definition) is 5. The lowest BCUT2D eigenvalue weighted by atomic mass is 10.1. The third-order valence-electron chi connectivity index (χ3n) is 2.67. The number of carboxylic acids is 1. The van der Waals surface area contributed by atoms with Gasteiger partial charge in [0.2, 0.25) is 5.76 Å². The van der Waals surface area contributed by atoms with Gasteiger partial charge in [-0.2, -0.15) is 0 Å². The Balaban J connectivity index is 2.12. The highest BCUT2D eigenvalue weighted by atomic mass is 19.1. The van der Waals surface area contributed by atoms with Crippen LogP contribution in [0.3, 0.4) is 0 Å². The van der Waals surface area contributed by atoms with Crippen LogP contribution in [0.4, 0.5) is 4.39 Å². The highest BCUT2D eigenvalue weighted by Gasteiger charge is 2.21. The second-order valence-corrected chi connectivity index (χ2v) is 3.93. The van der Waals surface area contributed by atoms with Crippen molar-refractivity contribution in [1.29, 1.82) is 0 Å². The summed E-state index contributed by atoms with van der Waals surface area (Å²) < 4.78 is 28.5. The Hall–Kier alpha value is -2.41. The topological polar surface area (TPSA) is 81.8 Å². The standard InChI is InChI=1S/C12H8FNO5/c13-7-1-6-4-17-5-18-11(6)8(2-7)9-3-10(12(15)16)19-14-9/h1-3H,4-5H2,(H,15,16). The summed E-state index contributed by atoms with van der Waals surface area (Å²) in [5.41, 5.74) is 1.09. The number of nitrogens with zero attached hydrogens (tertiary/aromatic N) is 1. The summed E-state index contributed by atoms with van der Waals surface area (Å²) in [6, 6.07) is 3.74. The van der Waals surface area contributed by atoms with Crippen molar-refractivity contribution in [3.05, 3.63) is 35.3 Å². The first kappa shape index (κ1) is 11.7. The second kappa shape index (κ2) is 4.36. The number of aromatic carboxylic acids is 1. The smallest absolute Gasteiger partial charge is 0.374 e. The number of rotatable bonds is 2. The fraction of sp³-hybridized carbons (Fsp3) is 0.167. The van der Waals surface area contributed by atoms with Gasteiger partial charge in [0, 0.05) is 17.2 Å². The van der Waals surface area contributed by atoms with Gasteiger partial charge in [0.1, 0.15) is 17.3 Å². The molecule has 0 atom stereocenters. The average molecular weight is 265 g/mol. The van der Waals surface area contributed by atoms with Crippen LogP contribution >= 0.6 is 0 Å². The van der Waals surface area contributed by atoms with Gasteiger partial charge in [-0.25, -0.2) is 9.18 Å². The number of halogens is 1. The lowest BCUT2D eigenvalue weighted by molar-refractivity contribution is -0.0161. The fourth-order valence-electron chi connectivity index (χ4n) is 1.87. The zero-order valence-electron chi connectivity index (χ0n) is 9.55.